The van der Waals surface area contributed by atoms with Crippen LogP contribution in [-0.4, -0.2) is 36.5 Å². The molecular weight excluding hydrogens is 292 g/mol. The highest BCUT2D eigenvalue weighted by Gasteiger charge is 2.25. The predicted octanol–water partition coefficient (Wildman–Crippen LogP) is 2.37. The number of nitrogens with zero attached hydrogens (tertiary/aromatic N) is 2. The Labute approximate surface area is 125 Å². The summed E-state index contributed by atoms with van der Waals surface area (Å²) >= 11 is 1.51. The summed E-state index contributed by atoms with van der Waals surface area (Å²) in [6.45, 7) is 3.03. The second-order valence-corrected chi connectivity index (χ2v) is 7.45. The minimum Gasteiger partial charge on any atom is -0.249 e. The summed E-state index contributed by atoms with van der Waals surface area (Å²) in [5.74, 6) is 6.42. The van der Waals surface area contributed by atoms with Gasteiger partial charge in [-0.05, 0) is 31.9 Å². The lowest BCUT2D eigenvalue weighted by Crippen LogP contribution is -2.35. The number of hydrogen-bond acceptors (Lipinski definition) is 4. The van der Waals surface area contributed by atoms with Crippen LogP contribution in [0.15, 0.2) is 28.3 Å². The van der Waals surface area contributed by atoms with E-state index in [4.69, 9.17) is 0 Å². The molecule has 20 heavy (non-hydrogen) atoms. The zero-order valence-electron chi connectivity index (χ0n) is 11.5. The highest BCUT2D eigenvalue weighted by atomic mass is 32.2. The largest absolute Gasteiger partial charge is 0.249 e. The van der Waals surface area contributed by atoms with Crippen LogP contribution in [-0.2, 0) is 10.0 Å². The standard InChI is InChI=1S/C14H18N2O2S2/c1-2-3-11-19-14-8-7-13(12-15-14)20(17,18)16-9-5-4-6-10-16/h7-8,12H,4-6,9-11H2,1H3. The molecular formula is C14H18N2O2S2. The number of piperidine rings is 1. The molecule has 1 aromatic rings. The number of hydrogen-bond donors (Lipinski definition) is 0. The van der Waals surface area contributed by atoms with Crippen molar-refractivity contribution >= 4 is 21.8 Å². The summed E-state index contributed by atoms with van der Waals surface area (Å²) in [6.07, 6.45) is 4.44. The van der Waals surface area contributed by atoms with Crippen LogP contribution in [0.4, 0.5) is 0 Å². The minimum atomic E-state index is -3.37. The Balaban J connectivity index is 2.09. The summed E-state index contributed by atoms with van der Waals surface area (Å²) < 4.78 is 26.4. The number of rotatable bonds is 4. The molecule has 0 bridgehead atoms. The molecule has 0 atom stereocenters. The molecule has 0 amide bonds. The lowest BCUT2D eigenvalue weighted by Gasteiger charge is -2.25. The van der Waals surface area contributed by atoms with Gasteiger partial charge in [-0.25, -0.2) is 13.4 Å². The monoisotopic (exact) mass is 310 g/mol. The van der Waals surface area contributed by atoms with Crippen LogP contribution in [0.3, 0.4) is 0 Å². The summed E-state index contributed by atoms with van der Waals surface area (Å²) in [5, 5.41) is 0.797. The maximum Gasteiger partial charge on any atom is 0.244 e. The second-order valence-electron chi connectivity index (χ2n) is 4.51. The fraction of sp³-hybridized carbons (Fsp3) is 0.500. The molecule has 0 aromatic carbocycles. The third-order valence-corrected chi connectivity index (χ3v) is 5.84. The smallest absolute Gasteiger partial charge is 0.244 e. The Morgan fingerprint density at radius 3 is 2.65 bits per heavy atom. The third kappa shape index (κ3) is 3.75. The van der Waals surface area contributed by atoms with Gasteiger partial charge < -0.3 is 0 Å². The summed E-state index contributed by atoms with van der Waals surface area (Å²) in [4.78, 5) is 4.48. The van der Waals surface area contributed by atoms with Gasteiger partial charge in [-0.15, -0.1) is 5.92 Å². The van der Waals surface area contributed by atoms with Gasteiger partial charge in [0.2, 0.25) is 10.0 Å². The Morgan fingerprint density at radius 2 is 2.05 bits per heavy atom. The van der Waals surface area contributed by atoms with Crippen molar-refractivity contribution in [2.75, 3.05) is 18.8 Å². The SMILES string of the molecule is CC#CCSc1ccc(S(=O)(=O)N2CCCCC2)cn1. The van der Waals surface area contributed by atoms with Crippen LogP contribution < -0.4 is 0 Å². The van der Waals surface area contributed by atoms with Crippen LogP contribution in [0, 0.1) is 11.8 Å². The van der Waals surface area contributed by atoms with Crippen molar-refractivity contribution in [2.45, 2.75) is 36.1 Å². The molecule has 0 N–H and O–H groups in total. The Hall–Kier alpha value is -1.03. The lowest BCUT2D eigenvalue weighted by molar-refractivity contribution is 0.346. The summed E-state index contributed by atoms with van der Waals surface area (Å²) in [7, 11) is -3.37. The van der Waals surface area contributed by atoms with E-state index in [2.05, 4.69) is 16.8 Å². The average molecular weight is 310 g/mol. The molecule has 1 aliphatic heterocycles. The van der Waals surface area contributed by atoms with Crippen molar-refractivity contribution in [1.82, 2.24) is 9.29 Å². The van der Waals surface area contributed by atoms with Crippen molar-refractivity contribution in [1.29, 1.82) is 0 Å². The molecule has 0 unspecified atom stereocenters. The van der Waals surface area contributed by atoms with Crippen molar-refractivity contribution in [3.8, 4) is 11.8 Å². The normalized spacial score (nSPS) is 16.4. The molecule has 1 aliphatic rings. The van der Waals surface area contributed by atoms with E-state index in [0.717, 1.165) is 24.3 Å². The van der Waals surface area contributed by atoms with Gasteiger partial charge in [0.05, 0.1) is 10.8 Å². The van der Waals surface area contributed by atoms with Crippen molar-refractivity contribution in [3.63, 3.8) is 0 Å². The quantitative estimate of drug-likeness (QED) is 0.633. The highest BCUT2D eigenvalue weighted by Crippen LogP contribution is 2.22. The third-order valence-electron chi connectivity index (χ3n) is 3.13. The van der Waals surface area contributed by atoms with E-state index < -0.39 is 10.0 Å². The number of aromatic nitrogens is 1. The van der Waals surface area contributed by atoms with Crippen molar-refractivity contribution in [3.05, 3.63) is 18.3 Å². The van der Waals surface area contributed by atoms with Gasteiger partial charge >= 0.3 is 0 Å². The maximum atomic E-state index is 12.4. The Morgan fingerprint density at radius 1 is 1.30 bits per heavy atom. The Bertz CT molecular complexity index is 594. The van der Waals surface area contributed by atoms with Gasteiger partial charge in [-0.2, -0.15) is 4.31 Å². The molecule has 1 aromatic heterocycles. The van der Waals surface area contributed by atoms with E-state index in [1.807, 2.05) is 0 Å². The van der Waals surface area contributed by atoms with E-state index >= 15 is 0 Å². The van der Waals surface area contributed by atoms with Gasteiger partial charge in [-0.3, -0.25) is 0 Å². The lowest BCUT2D eigenvalue weighted by atomic mass is 10.2. The highest BCUT2D eigenvalue weighted by molar-refractivity contribution is 7.99. The molecule has 2 heterocycles. The first-order valence-electron chi connectivity index (χ1n) is 6.63. The average Bonchev–Trinajstić information content (AvgIpc) is 2.49. The van der Waals surface area contributed by atoms with Gasteiger partial charge in [0.15, 0.2) is 0 Å². The van der Waals surface area contributed by atoms with Crippen molar-refractivity contribution < 1.29 is 8.42 Å². The topological polar surface area (TPSA) is 50.3 Å². The van der Waals surface area contributed by atoms with E-state index in [-0.39, 0.29) is 4.90 Å². The fourth-order valence-electron chi connectivity index (χ4n) is 2.04. The zero-order chi connectivity index (χ0) is 14.4. The zero-order valence-corrected chi connectivity index (χ0v) is 13.1. The van der Waals surface area contributed by atoms with Crippen LogP contribution in [0.5, 0.6) is 0 Å². The number of pyridine rings is 1. The van der Waals surface area contributed by atoms with E-state index in [0.29, 0.717) is 18.8 Å². The molecule has 0 spiro atoms. The van der Waals surface area contributed by atoms with Gasteiger partial charge in [-0.1, -0.05) is 24.1 Å². The summed E-state index contributed by atoms with van der Waals surface area (Å²) in [5.41, 5.74) is 0. The first kappa shape index (κ1) is 15.4. The van der Waals surface area contributed by atoms with Crippen LogP contribution >= 0.6 is 11.8 Å². The molecule has 1 fully saturated rings. The van der Waals surface area contributed by atoms with Gasteiger partial charge in [0, 0.05) is 19.3 Å². The molecule has 0 radical (unpaired) electrons. The van der Waals surface area contributed by atoms with E-state index in [1.165, 1.54) is 18.0 Å². The van der Waals surface area contributed by atoms with Gasteiger partial charge in [0.25, 0.3) is 0 Å². The molecule has 2 rings (SSSR count). The molecule has 0 saturated carbocycles. The van der Waals surface area contributed by atoms with Crippen LogP contribution in [0.25, 0.3) is 0 Å². The molecule has 1 saturated heterocycles. The fourth-order valence-corrected chi connectivity index (χ4v) is 4.16. The summed E-state index contributed by atoms with van der Waals surface area (Å²) in [6, 6.07) is 3.39. The predicted molar refractivity (Wildman–Crippen MR) is 81.0 cm³/mol. The Kier molecular flexibility index (Phi) is 5.46. The number of sulfonamides is 1. The first-order valence-corrected chi connectivity index (χ1v) is 9.06. The molecule has 108 valence electrons. The maximum absolute atomic E-state index is 12.4. The van der Waals surface area contributed by atoms with Gasteiger partial charge in [0.1, 0.15) is 4.90 Å². The van der Waals surface area contributed by atoms with Crippen molar-refractivity contribution in [2.24, 2.45) is 0 Å². The molecule has 6 heteroatoms. The minimum absolute atomic E-state index is 0.283. The van der Waals surface area contributed by atoms with E-state index in [1.54, 1.807) is 23.4 Å². The molecule has 0 aliphatic carbocycles. The number of thioether (sulfide) groups is 1. The first-order chi connectivity index (χ1) is 9.64. The second kappa shape index (κ2) is 7.11. The van der Waals surface area contributed by atoms with Crippen LogP contribution in [0.2, 0.25) is 0 Å². The van der Waals surface area contributed by atoms with E-state index in [9.17, 15) is 8.42 Å². The van der Waals surface area contributed by atoms with Crippen LogP contribution in [0.1, 0.15) is 26.2 Å². The molecule has 4 nitrogen and oxygen atoms in total.